The number of hydrogen-bond acceptors (Lipinski definition) is 1. The van der Waals surface area contributed by atoms with Gasteiger partial charge in [0.05, 0.1) is 5.02 Å². The first kappa shape index (κ1) is 12.8. The Bertz CT molecular complexity index is 397. The van der Waals surface area contributed by atoms with Crippen LogP contribution in [0.2, 0.25) is 5.02 Å². The lowest BCUT2D eigenvalue weighted by Gasteiger charge is -2.34. The highest BCUT2D eigenvalue weighted by Gasteiger charge is 2.36. The summed E-state index contributed by atoms with van der Waals surface area (Å²) in [5.41, 5.74) is 1.26. The molecule has 1 atom stereocenters. The fourth-order valence-electron chi connectivity index (χ4n) is 2.69. The molecule has 3 heteroatoms. The lowest BCUT2D eigenvalue weighted by molar-refractivity contribution is 0.269. The van der Waals surface area contributed by atoms with E-state index in [4.69, 9.17) is 11.6 Å². The highest BCUT2D eigenvalue weighted by atomic mass is 35.5. The van der Waals surface area contributed by atoms with E-state index < -0.39 is 0 Å². The summed E-state index contributed by atoms with van der Waals surface area (Å²) in [6, 6.07) is 5.05. The molecule has 1 nitrogen and oxygen atoms in total. The summed E-state index contributed by atoms with van der Waals surface area (Å²) in [6.07, 6.45) is 3.32. The van der Waals surface area contributed by atoms with E-state index in [2.05, 4.69) is 19.2 Å². The summed E-state index contributed by atoms with van der Waals surface area (Å²) >= 11 is 5.83. The van der Waals surface area contributed by atoms with Gasteiger partial charge in [-0.25, -0.2) is 4.39 Å². The van der Waals surface area contributed by atoms with Gasteiger partial charge in [0, 0.05) is 5.54 Å². The molecule has 0 radical (unpaired) electrons. The molecular weight excluding hydrogens is 237 g/mol. The first-order chi connectivity index (χ1) is 8.03. The maximum Gasteiger partial charge on any atom is 0.141 e. The molecule has 1 heterocycles. The van der Waals surface area contributed by atoms with Crippen molar-refractivity contribution in [2.24, 2.45) is 5.92 Å². The van der Waals surface area contributed by atoms with E-state index in [1.54, 1.807) is 6.07 Å². The maximum absolute atomic E-state index is 13.1. The van der Waals surface area contributed by atoms with Crippen molar-refractivity contribution in [3.63, 3.8) is 0 Å². The van der Waals surface area contributed by atoms with Gasteiger partial charge in [-0.1, -0.05) is 31.5 Å². The van der Waals surface area contributed by atoms with Crippen LogP contribution in [0.15, 0.2) is 18.2 Å². The van der Waals surface area contributed by atoms with Crippen LogP contribution in [0.3, 0.4) is 0 Å². The molecule has 0 spiro atoms. The average Bonchev–Trinajstić information content (AvgIpc) is 2.73. The lowest BCUT2D eigenvalue weighted by atomic mass is 9.80. The number of nitrogens with one attached hydrogen (secondary N) is 1. The fourth-order valence-corrected chi connectivity index (χ4v) is 2.89. The maximum atomic E-state index is 13.1. The van der Waals surface area contributed by atoms with Crippen molar-refractivity contribution in [3.8, 4) is 0 Å². The smallest absolute Gasteiger partial charge is 0.141 e. The van der Waals surface area contributed by atoms with E-state index in [1.165, 1.54) is 18.9 Å². The predicted molar refractivity (Wildman–Crippen MR) is 69.9 cm³/mol. The molecule has 1 aromatic carbocycles. The highest BCUT2D eigenvalue weighted by molar-refractivity contribution is 6.30. The second kappa shape index (κ2) is 4.95. The quantitative estimate of drug-likeness (QED) is 0.866. The summed E-state index contributed by atoms with van der Waals surface area (Å²) in [7, 11) is 0. The van der Waals surface area contributed by atoms with Crippen molar-refractivity contribution in [2.45, 2.75) is 38.6 Å². The van der Waals surface area contributed by atoms with E-state index in [1.807, 2.05) is 6.07 Å². The summed E-state index contributed by atoms with van der Waals surface area (Å²) < 4.78 is 13.1. The van der Waals surface area contributed by atoms with Gasteiger partial charge in [0.2, 0.25) is 0 Å². The Balaban J connectivity index is 2.20. The van der Waals surface area contributed by atoms with Gasteiger partial charge >= 0.3 is 0 Å². The molecular formula is C14H19ClFN. The Labute approximate surface area is 107 Å². The monoisotopic (exact) mass is 255 g/mol. The average molecular weight is 256 g/mol. The molecule has 1 unspecified atom stereocenters. The third-order valence-corrected chi connectivity index (χ3v) is 4.18. The lowest BCUT2D eigenvalue weighted by Crippen LogP contribution is -2.46. The number of benzene rings is 1. The fraction of sp³-hybridized carbons (Fsp3) is 0.571. The standard InChI is InChI=1S/C14H19ClFN/c1-10(2)14(6-3-7-17-14)9-11-4-5-13(16)12(15)8-11/h4-5,8,10,17H,3,6-7,9H2,1-2H3. The second-order valence-corrected chi connectivity index (χ2v) is 5.67. The van der Waals surface area contributed by atoms with Crippen LogP contribution < -0.4 is 5.32 Å². The molecule has 0 bridgehead atoms. The molecule has 1 aliphatic rings. The Morgan fingerprint density at radius 3 is 2.76 bits per heavy atom. The van der Waals surface area contributed by atoms with Crippen LogP contribution in [-0.4, -0.2) is 12.1 Å². The van der Waals surface area contributed by atoms with E-state index >= 15 is 0 Å². The van der Waals surface area contributed by atoms with Gasteiger partial charge < -0.3 is 5.32 Å². The Hall–Kier alpha value is -0.600. The van der Waals surface area contributed by atoms with E-state index in [0.29, 0.717) is 5.92 Å². The third kappa shape index (κ3) is 2.63. The molecule has 1 N–H and O–H groups in total. The largest absolute Gasteiger partial charge is 0.311 e. The minimum absolute atomic E-state index is 0.154. The SMILES string of the molecule is CC(C)C1(Cc2ccc(F)c(Cl)c2)CCCN1. The minimum atomic E-state index is -0.339. The molecule has 0 aliphatic carbocycles. The van der Waals surface area contributed by atoms with Crippen LogP contribution >= 0.6 is 11.6 Å². The Kier molecular flexibility index (Phi) is 3.74. The van der Waals surface area contributed by atoms with Crippen molar-refractivity contribution in [1.82, 2.24) is 5.32 Å². The Morgan fingerprint density at radius 1 is 1.47 bits per heavy atom. The molecule has 1 aliphatic heterocycles. The number of rotatable bonds is 3. The topological polar surface area (TPSA) is 12.0 Å². The van der Waals surface area contributed by atoms with Gasteiger partial charge in [-0.05, 0) is 49.4 Å². The summed E-state index contributed by atoms with van der Waals surface area (Å²) in [4.78, 5) is 0. The predicted octanol–water partition coefficient (Wildman–Crippen LogP) is 3.80. The van der Waals surface area contributed by atoms with Crippen LogP contribution in [0.1, 0.15) is 32.3 Å². The first-order valence-electron chi connectivity index (χ1n) is 6.22. The van der Waals surface area contributed by atoms with E-state index in [-0.39, 0.29) is 16.4 Å². The van der Waals surface area contributed by atoms with Crippen molar-refractivity contribution in [1.29, 1.82) is 0 Å². The van der Waals surface area contributed by atoms with Gasteiger partial charge in [-0.15, -0.1) is 0 Å². The van der Waals surface area contributed by atoms with E-state index in [9.17, 15) is 4.39 Å². The van der Waals surface area contributed by atoms with E-state index in [0.717, 1.165) is 18.5 Å². The van der Waals surface area contributed by atoms with Crippen molar-refractivity contribution < 1.29 is 4.39 Å². The Morgan fingerprint density at radius 2 is 2.24 bits per heavy atom. The summed E-state index contributed by atoms with van der Waals surface area (Å²) in [6.45, 7) is 5.56. The molecule has 0 saturated carbocycles. The van der Waals surface area contributed by atoms with Gasteiger partial charge in [-0.2, -0.15) is 0 Å². The van der Waals surface area contributed by atoms with Crippen molar-refractivity contribution in [3.05, 3.63) is 34.6 Å². The highest BCUT2D eigenvalue weighted by Crippen LogP contribution is 2.32. The van der Waals surface area contributed by atoms with Gasteiger partial charge in [0.15, 0.2) is 0 Å². The summed E-state index contributed by atoms with van der Waals surface area (Å²) in [5.74, 6) is 0.224. The van der Waals surface area contributed by atoms with Gasteiger partial charge in [0.1, 0.15) is 5.82 Å². The third-order valence-electron chi connectivity index (χ3n) is 3.89. The minimum Gasteiger partial charge on any atom is -0.311 e. The van der Waals surface area contributed by atoms with Crippen molar-refractivity contribution in [2.75, 3.05) is 6.54 Å². The van der Waals surface area contributed by atoms with Crippen LogP contribution in [0, 0.1) is 11.7 Å². The molecule has 2 rings (SSSR count). The van der Waals surface area contributed by atoms with Crippen LogP contribution in [0.25, 0.3) is 0 Å². The zero-order chi connectivity index (χ0) is 12.5. The number of halogens is 2. The molecule has 94 valence electrons. The molecule has 17 heavy (non-hydrogen) atoms. The molecule has 0 aromatic heterocycles. The number of hydrogen-bond donors (Lipinski definition) is 1. The first-order valence-corrected chi connectivity index (χ1v) is 6.60. The summed E-state index contributed by atoms with van der Waals surface area (Å²) in [5, 5.41) is 3.84. The van der Waals surface area contributed by atoms with Crippen LogP contribution in [0.4, 0.5) is 4.39 Å². The molecule has 0 amide bonds. The van der Waals surface area contributed by atoms with Crippen LogP contribution in [0.5, 0.6) is 0 Å². The molecule has 1 aromatic rings. The zero-order valence-corrected chi connectivity index (χ0v) is 11.1. The second-order valence-electron chi connectivity index (χ2n) is 5.27. The molecule has 1 saturated heterocycles. The normalized spacial score (nSPS) is 24.5. The molecule has 1 fully saturated rings. The van der Waals surface area contributed by atoms with Gasteiger partial charge in [0.25, 0.3) is 0 Å². The van der Waals surface area contributed by atoms with Gasteiger partial charge in [-0.3, -0.25) is 0 Å². The van der Waals surface area contributed by atoms with Crippen LogP contribution in [-0.2, 0) is 6.42 Å². The zero-order valence-electron chi connectivity index (χ0n) is 10.4. The van der Waals surface area contributed by atoms with Crippen molar-refractivity contribution >= 4 is 11.6 Å².